The topological polar surface area (TPSA) is 35.8 Å². The lowest BCUT2D eigenvalue weighted by Gasteiger charge is -2.08. The molecule has 0 amide bonds. The number of nitrogens with zero attached hydrogens (tertiary/aromatic N) is 1. The van der Waals surface area contributed by atoms with Gasteiger partial charge in [-0.15, -0.1) is 11.8 Å². The normalized spacial score (nSPS) is 10.4. The molecule has 0 saturated heterocycles. The van der Waals surface area contributed by atoms with Gasteiger partial charge in [0, 0.05) is 11.4 Å². The van der Waals surface area contributed by atoms with Crippen molar-refractivity contribution in [3.8, 4) is 6.07 Å². The van der Waals surface area contributed by atoms with Crippen LogP contribution in [0.2, 0.25) is 0 Å². The Morgan fingerprint density at radius 2 is 2.25 bits per heavy atom. The molecule has 2 nitrogen and oxygen atoms in total. The zero-order valence-corrected chi connectivity index (χ0v) is 10.7. The third kappa shape index (κ3) is 5.20. The first kappa shape index (κ1) is 13.1. The van der Waals surface area contributed by atoms with Crippen LogP contribution >= 0.6 is 11.8 Å². The van der Waals surface area contributed by atoms with Gasteiger partial charge in [-0.1, -0.05) is 26.0 Å². The van der Waals surface area contributed by atoms with Crippen LogP contribution in [0.4, 0.5) is 0 Å². The summed E-state index contributed by atoms with van der Waals surface area (Å²) < 4.78 is 0. The Hall–Kier alpha value is -0.980. The van der Waals surface area contributed by atoms with E-state index in [1.165, 1.54) is 10.5 Å². The molecule has 0 unspecified atom stereocenters. The van der Waals surface area contributed by atoms with Gasteiger partial charge in [0.25, 0.3) is 0 Å². The molecule has 0 heterocycles. The molecule has 0 aliphatic heterocycles. The molecule has 1 aromatic carbocycles. The predicted molar refractivity (Wildman–Crippen MR) is 69.3 cm³/mol. The van der Waals surface area contributed by atoms with Crippen LogP contribution in [-0.2, 0) is 6.54 Å². The molecule has 0 aliphatic carbocycles. The fourth-order valence-electron chi connectivity index (χ4n) is 1.37. The van der Waals surface area contributed by atoms with Crippen LogP contribution in [0.3, 0.4) is 0 Å². The highest BCUT2D eigenvalue weighted by Crippen LogP contribution is 2.18. The summed E-state index contributed by atoms with van der Waals surface area (Å²) in [6.45, 7) is 6.34. The average Bonchev–Trinajstić information content (AvgIpc) is 2.26. The van der Waals surface area contributed by atoms with E-state index in [1.807, 2.05) is 12.1 Å². The first-order chi connectivity index (χ1) is 7.72. The van der Waals surface area contributed by atoms with Gasteiger partial charge < -0.3 is 5.32 Å². The second-order valence-corrected chi connectivity index (χ2v) is 5.17. The fraction of sp³-hybridized carbons (Fsp3) is 0.462. The summed E-state index contributed by atoms with van der Waals surface area (Å²) in [6.07, 6.45) is 0. The van der Waals surface area contributed by atoms with Crippen LogP contribution in [0, 0.1) is 17.2 Å². The molecule has 0 aliphatic rings. The Kier molecular flexibility index (Phi) is 5.99. The lowest BCUT2D eigenvalue weighted by molar-refractivity contribution is 0.552. The van der Waals surface area contributed by atoms with Crippen LogP contribution in [0.1, 0.15) is 19.4 Å². The van der Waals surface area contributed by atoms with Gasteiger partial charge in [0.1, 0.15) is 0 Å². The van der Waals surface area contributed by atoms with E-state index >= 15 is 0 Å². The van der Waals surface area contributed by atoms with Crippen molar-refractivity contribution in [3.05, 3.63) is 29.8 Å². The number of hydrogen-bond donors (Lipinski definition) is 1. The third-order valence-corrected chi connectivity index (χ3v) is 2.94. The van der Waals surface area contributed by atoms with Gasteiger partial charge in [-0.2, -0.15) is 5.26 Å². The first-order valence-electron chi connectivity index (χ1n) is 5.51. The molecular weight excluding hydrogens is 216 g/mol. The zero-order chi connectivity index (χ0) is 11.8. The van der Waals surface area contributed by atoms with Crippen molar-refractivity contribution >= 4 is 11.8 Å². The van der Waals surface area contributed by atoms with E-state index in [2.05, 4.69) is 37.4 Å². The van der Waals surface area contributed by atoms with Crippen LogP contribution in [0.15, 0.2) is 29.2 Å². The van der Waals surface area contributed by atoms with Gasteiger partial charge >= 0.3 is 0 Å². The number of thioether (sulfide) groups is 1. The third-order valence-electron chi connectivity index (χ3n) is 2.08. The van der Waals surface area contributed by atoms with Gasteiger partial charge in [-0.05, 0) is 30.2 Å². The standard InChI is InChI=1S/C13H18N2S/c1-11(2)9-15-10-12-4-3-5-13(8-12)16-7-6-14/h3-5,8,11,15H,7,9-10H2,1-2H3. The van der Waals surface area contributed by atoms with E-state index in [0.717, 1.165) is 13.1 Å². The number of benzene rings is 1. The number of nitriles is 1. The van der Waals surface area contributed by atoms with Crippen molar-refractivity contribution in [1.82, 2.24) is 5.32 Å². The summed E-state index contributed by atoms with van der Waals surface area (Å²) in [5.41, 5.74) is 1.28. The molecule has 0 atom stereocenters. The molecule has 0 bridgehead atoms. The van der Waals surface area contributed by atoms with E-state index in [0.29, 0.717) is 11.7 Å². The summed E-state index contributed by atoms with van der Waals surface area (Å²) in [5.74, 6) is 1.19. The van der Waals surface area contributed by atoms with E-state index in [9.17, 15) is 0 Å². The highest BCUT2D eigenvalue weighted by atomic mass is 32.2. The second kappa shape index (κ2) is 7.32. The van der Waals surface area contributed by atoms with Gasteiger partial charge in [0.2, 0.25) is 0 Å². The Labute approximate surface area is 102 Å². The van der Waals surface area contributed by atoms with Crippen molar-refractivity contribution in [3.63, 3.8) is 0 Å². The Balaban J connectivity index is 2.44. The summed E-state index contributed by atoms with van der Waals surface area (Å²) >= 11 is 1.59. The minimum Gasteiger partial charge on any atom is -0.312 e. The van der Waals surface area contributed by atoms with Crippen molar-refractivity contribution in [1.29, 1.82) is 5.26 Å². The van der Waals surface area contributed by atoms with Crippen LogP contribution in [-0.4, -0.2) is 12.3 Å². The van der Waals surface area contributed by atoms with E-state index in [-0.39, 0.29) is 0 Å². The van der Waals surface area contributed by atoms with E-state index in [1.54, 1.807) is 11.8 Å². The molecular formula is C13H18N2S. The van der Waals surface area contributed by atoms with Gasteiger partial charge in [0.15, 0.2) is 0 Å². The highest BCUT2D eigenvalue weighted by molar-refractivity contribution is 7.99. The Morgan fingerprint density at radius 1 is 1.44 bits per heavy atom. The maximum atomic E-state index is 8.52. The van der Waals surface area contributed by atoms with Crippen molar-refractivity contribution in [2.45, 2.75) is 25.3 Å². The number of hydrogen-bond acceptors (Lipinski definition) is 3. The summed E-state index contributed by atoms with van der Waals surface area (Å²) in [5, 5.41) is 11.9. The predicted octanol–water partition coefficient (Wildman–Crippen LogP) is 3.05. The molecule has 1 N–H and O–H groups in total. The van der Waals surface area contributed by atoms with Crippen molar-refractivity contribution in [2.24, 2.45) is 5.92 Å². The van der Waals surface area contributed by atoms with Crippen LogP contribution in [0.5, 0.6) is 0 Å². The molecule has 0 spiro atoms. The molecule has 0 aromatic heterocycles. The monoisotopic (exact) mass is 234 g/mol. The molecule has 16 heavy (non-hydrogen) atoms. The van der Waals surface area contributed by atoms with Crippen LogP contribution < -0.4 is 5.32 Å². The second-order valence-electron chi connectivity index (χ2n) is 4.12. The largest absolute Gasteiger partial charge is 0.312 e. The van der Waals surface area contributed by atoms with Gasteiger partial charge in [0.05, 0.1) is 11.8 Å². The Morgan fingerprint density at radius 3 is 2.94 bits per heavy atom. The maximum absolute atomic E-state index is 8.52. The first-order valence-corrected chi connectivity index (χ1v) is 6.50. The number of rotatable bonds is 6. The molecule has 0 radical (unpaired) electrons. The smallest absolute Gasteiger partial charge is 0.0855 e. The zero-order valence-electron chi connectivity index (χ0n) is 9.86. The molecule has 1 aromatic rings. The minimum absolute atomic E-state index is 0.517. The van der Waals surface area contributed by atoms with Crippen molar-refractivity contribution in [2.75, 3.05) is 12.3 Å². The Bertz CT molecular complexity index is 355. The SMILES string of the molecule is CC(C)CNCc1cccc(SCC#N)c1. The minimum atomic E-state index is 0.517. The molecule has 0 fully saturated rings. The lowest BCUT2D eigenvalue weighted by atomic mass is 10.2. The summed E-state index contributed by atoms with van der Waals surface area (Å²) in [6, 6.07) is 10.5. The molecule has 3 heteroatoms. The van der Waals surface area contributed by atoms with Crippen LogP contribution in [0.25, 0.3) is 0 Å². The van der Waals surface area contributed by atoms with Gasteiger partial charge in [-0.3, -0.25) is 0 Å². The van der Waals surface area contributed by atoms with E-state index < -0.39 is 0 Å². The maximum Gasteiger partial charge on any atom is 0.0855 e. The molecule has 0 saturated carbocycles. The molecule has 86 valence electrons. The van der Waals surface area contributed by atoms with Gasteiger partial charge in [-0.25, -0.2) is 0 Å². The lowest BCUT2D eigenvalue weighted by Crippen LogP contribution is -2.18. The highest BCUT2D eigenvalue weighted by Gasteiger charge is 1.97. The summed E-state index contributed by atoms with van der Waals surface area (Å²) in [4.78, 5) is 1.17. The summed E-state index contributed by atoms with van der Waals surface area (Å²) in [7, 11) is 0. The van der Waals surface area contributed by atoms with Crippen molar-refractivity contribution < 1.29 is 0 Å². The fourth-order valence-corrected chi connectivity index (χ4v) is 2.01. The quantitative estimate of drug-likeness (QED) is 0.768. The molecule has 1 rings (SSSR count). The van der Waals surface area contributed by atoms with E-state index in [4.69, 9.17) is 5.26 Å². The number of nitrogens with one attached hydrogen (secondary N) is 1. The average molecular weight is 234 g/mol.